The lowest BCUT2D eigenvalue weighted by Gasteiger charge is -2.12. The largest absolute Gasteiger partial charge is 0.393 e. The molecule has 0 aromatic heterocycles. The zero-order chi connectivity index (χ0) is 8.97. The summed E-state index contributed by atoms with van der Waals surface area (Å²) >= 11 is 0. The molecule has 0 aromatic rings. The molecule has 0 heterocycles. The molecule has 0 bridgehead atoms. The zero-order valence-corrected chi connectivity index (χ0v) is 8.42. The smallest absolute Gasteiger partial charge is 0.0542 e. The van der Waals surface area contributed by atoms with E-state index in [1.54, 1.807) is 0 Å². The van der Waals surface area contributed by atoms with Crippen molar-refractivity contribution in [2.75, 3.05) is 0 Å². The van der Waals surface area contributed by atoms with Gasteiger partial charge in [-0.25, -0.2) is 0 Å². The Morgan fingerprint density at radius 1 is 1.33 bits per heavy atom. The summed E-state index contributed by atoms with van der Waals surface area (Å²) in [4.78, 5) is 0. The Kier molecular flexibility index (Phi) is 4.07. The van der Waals surface area contributed by atoms with E-state index in [-0.39, 0.29) is 6.10 Å². The van der Waals surface area contributed by atoms with Gasteiger partial charge in [-0.2, -0.15) is 0 Å². The third-order valence-electron chi connectivity index (χ3n) is 2.59. The first kappa shape index (κ1) is 10.0. The van der Waals surface area contributed by atoms with Gasteiger partial charge in [0.2, 0.25) is 0 Å². The van der Waals surface area contributed by atoms with Gasteiger partial charge in [0.05, 0.1) is 6.10 Å². The standard InChI is InChI=1S/C11H22O/c1-9(2)8-11(12)5-3-4-10-6-7-10/h9-12H,3-8H2,1-2H3. The molecule has 0 aromatic carbocycles. The maximum absolute atomic E-state index is 9.55. The van der Waals surface area contributed by atoms with Gasteiger partial charge in [0, 0.05) is 0 Å². The van der Waals surface area contributed by atoms with Gasteiger partial charge in [0.1, 0.15) is 0 Å². The van der Waals surface area contributed by atoms with Crippen LogP contribution in [0.25, 0.3) is 0 Å². The van der Waals surface area contributed by atoms with Crippen LogP contribution in [0.15, 0.2) is 0 Å². The highest BCUT2D eigenvalue weighted by atomic mass is 16.3. The minimum Gasteiger partial charge on any atom is -0.393 e. The third kappa shape index (κ3) is 4.76. The highest BCUT2D eigenvalue weighted by Crippen LogP contribution is 2.34. The van der Waals surface area contributed by atoms with Crippen molar-refractivity contribution in [3.63, 3.8) is 0 Å². The Labute approximate surface area is 76.2 Å². The Bertz CT molecular complexity index is 116. The van der Waals surface area contributed by atoms with Gasteiger partial charge in [-0.1, -0.05) is 39.5 Å². The molecular formula is C11H22O. The van der Waals surface area contributed by atoms with Crippen LogP contribution in [-0.2, 0) is 0 Å². The summed E-state index contributed by atoms with van der Waals surface area (Å²) in [6.07, 6.45) is 7.44. The normalized spacial score (nSPS) is 20.0. The summed E-state index contributed by atoms with van der Waals surface area (Å²) in [5.41, 5.74) is 0. The number of hydrogen-bond donors (Lipinski definition) is 1. The van der Waals surface area contributed by atoms with Gasteiger partial charge >= 0.3 is 0 Å². The highest BCUT2D eigenvalue weighted by molar-refractivity contribution is 4.73. The van der Waals surface area contributed by atoms with E-state index in [4.69, 9.17) is 0 Å². The Hall–Kier alpha value is -0.0400. The van der Waals surface area contributed by atoms with Gasteiger partial charge in [0.15, 0.2) is 0 Å². The van der Waals surface area contributed by atoms with E-state index in [2.05, 4.69) is 13.8 Å². The van der Waals surface area contributed by atoms with Crippen molar-refractivity contribution in [2.45, 2.75) is 58.5 Å². The van der Waals surface area contributed by atoms with Gasteiger partial charge < -0.3 is 5.11 Å². The van der Waals surface area contributed by atoms with Gasteiger partial charge in [-0.3, -0.25) is 0 Å². The molecule has 12 heavy (non-hydrogen) atoms. The molecule has 1 heteroatoms. The molecule has 0 aliphatic heterocycles. The number of rotatable bonds is 6. The van der Waals surface area contributed by atoms with Gasteiger partial charge in [-0.05, 0) is 24.7 Å². The van der Waals surface area contributed by atoms with Gasteiger partial charge in [-0.15, -0.1) is 0 Å². The van der Waals surface area contributed by atoms with Crippen LogP contribution in [0, 0.1) is 11.8 Å². The summed E-state index contributed by atoms with van der Waals surface area (Å²) in [7, 11) is 0. The lowest BCUT2D eigenvalue weighted by molar-refractivity contribution is 0.135. The fourth-order valence-electron chi connectivity index (χ4n) is 1.71. The molecule has 72 valence electrons. The van der Waals surface area contributed by atoms with E-state index < -0.39 is 0 Å². The fraction of sp³-hybridized carbons (Fsp3) is 1.00. The zero-order valence-electron chi connectivity index (χ0n) is 8.42. The van der Waals surface area contributed by atoms with E-state index in [0.29, 0.717) is 5.92 Å². The summed E-state index contributed by atoms with van der Waals surface area (Å²) in [6.45, 7) is 4.34. The maximum atomic E-state index is 9.55. The quantitative estimate of drug-likeness (QED) is 0.649. The topological polar surface area (TPSA) is 20.2 Å². The van der Waals surface area contributed by atoms with Crippen molar-refractivity contribution in [3.8, 4) is 0 Å². The summed E-state index contributed by atoms with van der Waals surface area (Å²) in [6, 6.07) is 0. The lowest BCUT2D eigenvalue weighted by atomic mass is 10.0. The molecule has 1 aliphatic carbocycles. The molecule has 0 spiro atoms. The molecule has 1 atom stereocenters. The Morgan fingerprint density at radius 2 is 2.00 bits per heavy atom. The molecule has 1 unspecified atom stereocenters. The van der Waals surface area contributed by atoms with Crippen molar-refractivity contribution >= 4 is 0 Å². The summed E-state index contributed by atoms with van der Waals surface area (Å²) in [5, 5.41) is 9.55. The Morgan fingerprint density at radius 3 is 2.50 bits per heavy atom. The van der Waals surface area contributed by atoms with Crippen LogP contribution in [0.5, 0.6) is 0 Å². The molecular weight excluding hydrogens is 148 g/mol. The lowest BCUT2D eigenvalue weighted by Crippen LogP contribution is -2.09. The van der Waals surface area contributed by atoms with Crippen LogP contribution in [0.1, 0.15) is 52.4 Å². The first-order valence-electron chi connectivity index (χ1n) is 5.36. The van der Waals surface area contributed by atoms with Crippen LogP contribution in [0.3, 0.4) is 0 Å². The van der Waals surface area contributed by atoms with E-state index in [9.17, 15) is 5.11 Å². The predicted octanol–water partition coefficient (Wildman–Crippen LogP) is 2.97. The maximum Gasteiger partial charge on any atom is 0.0542 e. The van der Waals surface area contributed by atoms with Crippen molar-refractivity contribution in [2.24, 2.45) is 11.8 Å². The molecule has 1 nitrogen and oxygen atoms in total. The molecule has 1 fully saturated rings. The number of aliphatic hydroxyl groups excluding tert-OH is 1. The molecule has 1 aliphatic rings. The average molecular weight is 170 g/mol. The number of hydrogen-bond acceptors (Lipinski definition) is 1. The van der Waals surface area contributed by atoms with Crippen molar-refractivity contribution in [1.29, 1.82) is 0 Å². The third-order valence-corrected chi connectivity index (χ3v) is 2.59. The minimum atomic E-state index is -0.0382. The van der Waals surface area contributed by atoms with Crippen LogP contribution in [0.4, 0.5) is 0 Å². The van der Waals surface area contributed by atoms with Crippen LogP contribution >= 0.6 is 0 Å². The molecule has 1 rings (SSSR count). The summed E-state index contributed by atoms with van der Waals surface area (Å²) < 4.78 is 0. The first-order chi connectivity index (χ1) is 5.68. The highest BCUT2D eigenvalue weighted by Gasteiger charge is 2.20. The predicted molar refractivity (Wildman–Crippen MR) is 52.0 cm³/mol. The SMILES string of the molecule is CC(C)CC(O)CCCC1CC1. The molecule has 0 saturated heterocycles. The second kappa shape index (κ2) is 4.86. The van der Waals surface area contributed by atoms with Crippen molar-refractivity contribution < 1.29 is 5.11 Å². The second-order valence-corrected chi connectivity index (χ2v) is 4.66. The summed E-state index contributed by atoms with van der Waals surface area (Å²) in [5.74, 6) is 1.66. The van der Waals surface area contributed by atoms with Crippen molar-refractivity contribution in [1.82, 2.24) is 0 Å². The number of aliphatic hydroxyl groups is 1. The van der Waals surface area contributed by atoms with Crippen LogP contribution in [0.2, 0.25) is 0 Å². The Balaban J connectivity index is 1.89. The molecule has 0 amide bonds. The van der Waals surface area contributed by atoms with E-state index in [1.165, 1.54) is 25.7 Å². The first-order valence-corrected chi connectivity index (χ1v) is 5.36. The average Bonchev–Trinajstić information content (AvgIpc) is 2.69. The van der Waals surface area contributed by atoms with Gasteiger partial charge in [0.25, 0.3) is 0 Å². The minimum absolute atomic E-state index is 0.0382. The second-order valence-electron chi connectivity index (χ2n) is 4.66. The molecule has 0 radical (unpaired) electrons. The van der Waals surface area contributed by atoms with Crippen LogP contribution in [-0.4, -0.2) is 11.2 Å². The van der Waals surface area contributed by atoms with E-state index in [0.717, 1.165) is 18.8 Å². The van der Waals surface area contributed by atoms with Crippen molar-refractivity contribution in [3.05, 3.63) is 0 Å². The van der Waals surface area contributed by atoms with Crippen LogP contribution < -0.4 is 0 Å². The monoisotopic (exact) mass is 170 g/mol. The van der Waals surface area contributed by atoms with E-state index >= 15 is 0 Å². The fourth-order valence-corrected chi connectivity index (χ4v) is 1.71. The van der Waals surface area contributed by atoms with E-state index in [1.807, 2.05) is 0 Å². The molecule has 1 saturated carbocycles. The molecule has 1 N–H and O–H groups in total.